The van der Waals surface area contributed by atoms with E-state index < -0.39 is 0 Å². The molecule has 0 aliphatic carbocycles. The largest absolute Gasteiger partial charge is 0.476 e. The molecule has 0 unspecified atom stereocenters. The summed E-state index contributed by atoms with van der Waals surface area (Å²) in [7, 11) is 0. The van der Waals surface area contributed by atoms with Gasteiger partial charge in [-0.15, -0.1) is 0 Å². The highest BCUT2D eigenvalue weighted by Crippen LogP contribution is 2.35. The number of ether oxygens (including phenoxy) is 1. The number of aryl methyl sites for hydroxylation is 1. The molecule has 1 heterocycles. The summed E-state index contributed by atoms with van der Waals surface area (Å²) in [5.74, 6) is 0.448. The Morgan fingerprint density at radius 1 is 1.28 bits per heavy atom. The molecular formula is C13H15N3OS. The van der Waals surface area contributed by atoms with Gasteiger partial charge in [-0.3, -0.25) is 0 Å². The molecule has 0 saturated heterocycles. The summed E-state index contributed by atoms with van der Waals surface area (Å²) in [6.07, 6.45) is 1.47. The number of nitrogens with zero attached hydrogens (tertiary/aromatic N) is 2. The zero-order valence-corrected chi connectivity index (χ0v) is 11.2. The first kappa shape index (κ1) is 12.7. The quantitative estimate of drug-likeness (QED) is 0.857. The number of nitrogen functional groups attached to an aromatic ring is 1. The summed E-state index contributed by atoms with van der Waals surface area (Å²) in [5.41, 5.74) is 7.68. The van der Waals surface area contributed by atoms with E-state index in [4.69, 9.17) is 10.5 Å². The lowest BCUT2D eigenvalue weighted by Gasteiger charge is -2.09. The van der Waals surface area contributed by atoms with Crippen molar-refractivity contribution in [3.63, 3.8) is 0 Å². The molecule has 0 aliphatic heterocycles. The summed E-state index contributed by atoms with van der Waals surface area (Å²) in [6.45, 7) is 4.49. The van der Waals surface area contributed by atoms with Crippen LogP contribution >= 0.6 is 11.8 Å². The van der Waals surface area contributed by atoms with Gasteiger partial charge < -0.3 is 10.5 Å². The second-order valence-corrected chi connectivity index (χ2v) is 4.73. The highest BCUT2D eigenvalue weighted by Gasteiger charge is 2.11. The number of aromatic nitrogens is 2. The maximum Gasteiger partial charge on any atom is 0.241 e. The molecular weight excluding hydrogens is 246 g/mol. The molecule has 2 aromatic rings. The molecule has 0 amide bonds. The van der Waals surface area contributed by atoms with Crippen molar-refractivity contribution in [2.24, 2.45) is 0 Å². The van der Waals surface area contributed by atoms with Crippen molar-refractivity contribution in [1.29, 1.82) is 0 Å². The number of rotatable bonds is 4. The molecule has 0 atom stereocenters. The zero-order chi connectivity index (χ0) is 13.0. The van der Waals surface area contributed by atoms with Gasteiger partial charge in [-0.05, 0) is 25.5 Å². The second-order valence-electron chi connectivity index (χ2n) is 3.70. The maximum absolute atomic E-state index is 6.00. The smallest absolute Gasteiger partial charge is 0.241 e. The number of hydrogen-bond donors (Lipinski definition) is 1. The highest BCUT2D eigenvalue weighted by atomic mass is 32.2. The van der Waals surface area contributed by atoms with E-state index in [2.05, 4.69) is 23.0 Å². The van der Waals surface area contributed by atoms with Crippen LogP contribution in [0.5, 0.6) is 5.88 Å². The van der Waals surface area contributed by atoms with Gasteiger partial charge >= 0.3 is 0 Å². The van der Waals surface area contributed by atoms with Gasteiger partial charge in [-0.2, -0.15) is 4.98 Å². The number of benzene rings is 1. The Hall–Kier alpha value is -1.75. The first-order valence-corrected chi connectivity index (χ1v) is 6.50. The summed E-state index contributed by atoms with van der Waals surface area (Å²) in [4.78, 5) is 9.36. The lowest BCUT2D eigenvalue weighted by Crippen LogP contribution is -2.02. The van der Waals surface area contributed by atoms with E-state index in [9.17, 15) is 0 Å². The lowest BCUT2D eigenvalue weighted by atomic mass is 10.2. The Kier molecular flexibility index (Phi) is 4.04. The van der Waals surface area contributed by atoms with Crippen molar-refractivity contribution < 1.29 is 4.74 Å². The van der Waals surface area contributed by atoms with Crippen LogP contribution in [-0.2, 0) is 0 Å². The average molecular weight is 261 g/mol. The van der Waals surface area contributed by atoms with Gasteiger partial charge in [0.15, 0.2) is 0 Å². The average Bonchev–Trinajstić information content (AvgIpc) is 2.37. The number of nitrogens with two attached hydrogens (primary N) is 1. The highest BCUT2D eigenvalue weighted by molar-refractivity contribution is 7.99. The van der Waals surface area contributed by atoms with Crippen LogP contribution in [0.1, 0.15) is 12.5 Å². The molecule has 0 saturated carbocycles. The normalized spacial score (nSPS) is 10.3. The summed E-state index contributed by atoms with van der Waals surface area (Å²) in [5, 5.41) is 0.725. The van der Waals surface area contributed by atoms with Crippen molar-refractivity contribution in [3.8, 4) is 5.88 Å². The molecule has 0 fully saturated rings. The third kappa shape index (κ3) is 2.73. The SMILES string of the molecule is CCOc1ncnc(Sc2ccccc2C)c1N. The standard InChI is InChI=1S/C13H15N3OS/c1-3-17-12-11(14)13(16-8-15-12)18-10-7-5-4-6-9(10)2/h4-8H,3,14H2,1-2H3. The number of hydrogen-bond acceptors (Lipinski definition) is 5. The summed E-state index contributed by atoms with van der Waals surface area (Å²) in [6, 6.07) is 8.11. The van der Waals surface area contributed by atoms with Crippen molar-refractivity contribution in [2.75, 3.05) is 12.3 Å². The minimum absolute atomic E-state index is 0.448. The lowest BCUT2D eigenvalue weighted by molar-refractivity contribution is 0.327. The molecule has 4 nitrogen and oxygen atoms in total. The maximum atomic E-state index is 6.00. The van der Waals surface area contributed by atoms with E-state index in [1.54, 1.807) is 0 Å². The fourth-order valence-corrected chi connectivity index (χ4v) is 2.35. The van der Waals surface area contributed by atoms with Gasteiger partial charge in [-0.1, -0.05) is 30.0 Å². The first-order valence-electron chi connectivity index (χ1n) is 5.69. The topological polar surface area (TPSA) is 61.0 Å². The van der Waals surface area contributed by atoms with E-state index in [0.29, 0.717) is 18.2 Å². The fourth-order valence-electron chi connectivity index (χ4n) is 1.47. The van der Waals surface area contributed by atoms with Gasteiger partial charge in [0.1, 0.15) is 17.0 Å². The third-order valence-corrected chi connectivity index (χ3v) is 3.59. The van der Waals surface area contributed by atoms with E-state index in [1.165, 1.54) is 23.7 Å². The Bertz CT molecular complexity index is 546. The van der Waals surface area contributed by atoms with Gasteiger partial charge in [0.25, 0.3) is 0 Å². The van der Waals surface area contributed by atoms with Gasteiger partial charge in [-0.25, -0.2) is 4.98 Å². The molecule has 1 aromatic carbocycles. The molecule has 0 spiro atoms. The number of anilines is 1. The van der Waals surface area contributed by atoms with Crippen LogP contribution in [0, 0.1) is 6.92 Å². The van der Waals surface area contributed by atoms with Crippen LogP contribution in [0.3, 0.4) is 0 Å². The molecule has 1 aromatic heterocycles. The van der Waals surface area contributed by atoms with Crippen molar-refractivity contribution in [3.05, 3.63) is 36.2 Å². The zero-order valence-electron chi connectivity index (χ0n) is 10.4. The van der Waals surface area contributed by atoms with Crippen molar-refractivity contribution in [2.45, 2.75) is 23.8 Å². The van der Waals surface area contributed by atoms with Crippen LogP contribution in [0.15, 0.2) is 40.5 Å². The van der Waals surface area contributed by atoms with Crippen molar-refractivity contribution >= 4 is 17.4 Å². The van der Waals surface area contributed by atoms with Crippen LogP contribution in [-0.4, -0.2) is 16.6 Å². The minimum Gasteiger partial charge on any atom is -0.476 e. The van der Waals surface area contributed by atoms with Gasteiger partial charge in [0.2, 0.25) is 5.88 Å². The summed E-state index contributed by atoms with van der Waals surface area (Å²) < 4.78 is 5.36. The predicted octanol–water partition coefficient (Wildman–Crippen LogP) is 2.92. The molecule has 0 bridgehead atoms. The van der Waals surface area contributed by atoms with Crippen LogP contribution in [0.2, 0.25) is 0 Å². The van der Waals surface area contributed by atoms with Crippen LogP contribution < -0.4 is 10.5 Å². The molecule has 5 heteroatoms. The molecule has 18 heavy (non-hydrogen) atoms. The molecule has 2 N–H and O–H groups in total. The third-order valence-electron chi connectivity index (χ3n) is 2.39. The van der Waals surface area contributed by atoms with Gasteiger partial charge in [0, 0.05) is 4.90 Å². The van der Waals surface area contributed by atoms with Crippen LogP contribution in [0.25, 0.3) is 0 Å². The molecule has 94 valence electrons. The van der Waals surface area contributed by atoms with E-state index in [1.807, 2.05) is 25.1 Å². The monoisotopic (exact) mass is 261 g/mol. The van der Waals surface area contributed by atoms with E-state index in [0.717, 1.165) is 9.92 Å². The van der Waals surface area contributed by atoms with Crippen molar-refractivity contribution in [1.82, 2.24) is 9.97 Å². The summed E-state index contributed by atoms with van der Waals surface area (Å²) >= 11 is 1.52. The minimum atomic E-state index is 0.448. The van der Waals surface area contributed by atoms with E-state index >= 15 is 0 Å². The Balaban J connectivity index is 2.30. The Labute approximate surface area is 111 Å². The predicted molar refractivity (Wildman–Crippen MR) is 72.9 cm³/mol. The second kappa shape index (κ2) is 5.73. The first-order chi connectivity index (χ1) is 8.72. The van der Waals surface area contributed by atoms with Crippen LogP contribution in [0.4, 0.5) is 5.69 Å². The van der Waals surface area contributed by atoms with Gasteiger partial charge in [0.05, 0.1) is 6.61 Å². The molecule has 0 aliphatic rings. The van der Waals surface area contributed by atoms with E-state index in [-0.39, 0.29) is 0 Å². The molecule has 2 rings (SSSR count). The Morgan fingerprint density at radius 2 is 2.06 bits per heavy atom. The fraction of sp³-hybridized carbons (Fsp3) is 0.231. The Morgan fingerprint density at radius 3 is 2.78 bits per heavy atom. The molecule has 0 radical (unpaired) electrons.